The molecule has 6 heteroatoms. The van der Waals surface area contributed by atoms with Crippen LogP contribution < -0.4 is 10.6 Å². The fourth-order valence-electron chi connectivity index (χ4n) is 2.14. The number of carbonyl (C=O) groups is 2. The van der Waals surface area contributed by atoms with Gasteiger partial charge in [-0.15, -0.1) is 0 Å². The minimum atomic E-state index is -0.961. The summed E-state index contributed by atoms with van der Waals surface area (Å²) in [6.45, 7) is 2.40. The molecule has 2 amide bonds. The first-order valence-electron chi connectivity index (χ1n) is 6.53. The van der Waals surface area contributed by atoms with Gasteiger partial charge in [-0.2, -0.15) is 11.8 Å². The second kappa shape index (κ2) is 6.65. The lowest BCUT2D eigenvalue weighted by molar-refractivity contribution is 0.0696. The number of carbonyl (C=O) groups excluding carboxylic acids is 1. The molecule has 1 unspecified atom stereocenters. The van der Waals surface area contributed by atoms with Crippen molar-refractivity contribution in [2.45, 2.75) is 13.3 Å². The smallest absolute Gasteiger partial charge is 0.335 e. The number of aryl methyl sites for hydroxylation is 1. The molecule has 1 heterocycles. The van der Waals surface area contributed by atoms with Crippen LogP contribution in [0.25, 0.3) is 0 Å². The molecule has 0 aliphatic carbocycles. The Bertz CT molecular complexity index is 513. The standard InChI is InChI=1S/C14H18N2O3S/c1-9-6-11(2-3-12(9)13(17)18)16-14(19)15-7-10-4-5-20-8-10/h2-3,6,10H,4-5,7-8H2,1H3,(H,17,18)(H2,15,16,19). The minimum absolute atomic E-state index is 0.246. The monoisotopic (exact) mass is 294 g/mol. The van der Waals surface area contributed by atoms with E-state index in [0.29, 0.717) is 23.7 Å². The van der Waals surface area contributed by atoms with Gasteiger partial charge in [0.05, 0.1) is 5.56 Å². The molecule has 1 fully saturated rings. The van der Waals surface area contributed by atoms with Crippen molar-refractivity contribution >= 4 is 29.4 Å². The number of benzene rings is 1. The van der Waals surface area contributed by atoms with Crippen LogP contribution in [0.15, 0.2) is 18.2 Å². The van der Waals surface area contributed by atoms with Crippen LogP contribution in [-0.2, 0) is 0 Å². The third-order valence-electron chi connectivity index (χ3n) is 3.29. The SMILES string of the molecule is Cc1cc(NC(=O)NCC2CCSC2)ccc1C(=O)O. The van der Waals surface area contributed by atoms with E-state index in [2.05, 4.69) is 10.6 Å². The third-order valence-corrected chi connectivity index (χ3v) is 4.52. The van der Waals surface area contributed by atoms with Gasteiger partial charge in [-0.05, 0) is 54.5 Å². The normalized spacial score (nSPS) is 17.8. The molecular weight excluding hydrogens is 276 g/mol. The quantitative estimate of drug-likeness (QED) is 0.797. The molecule has 0 bridgehead atoms. The van der Waals surface area contributed by atoms with Crippen LogP contribution in [0.5, 0.6) is 0 Å². The molecule has 0 aromatic heterocycles. The van der Waals surface area contributed by atoms with Crippen LogP contribution in [-0.4, -0.2) is 35.2 Å². The number of carboxylic acids is 1. The number of carboxylic acid groups (broad SMARTS) is 1. The highest BCUT2D eigenvalue weighted by Gasteiger charge is 2.16. The molecule has 108 valence electrons. The highest BCUT2D eigenvalue weighted by Crippen LogP contribution is 2.22. The highest BCUT2D eigenvalue weighted by atomic mass is 32.2. The first-order valence-corrected chi connectivity index (χ1v) is 7.68. The van der Waals surface area contributed by atoms with Crippen molar-refractivity contribution in [3.8, 4) is 0 Å². The van der Waals surface area contributed by atoms with Crippen LogP contribution in [0.3, 0.4) is 0 Å². The zero-order chi connectivity index (χ0) is 14.5. The molecule has 0 spiro atoms. The molecule has 3 N–H and O–H groups in total. The van der Waals surface area contributed by atoms with Crippen molar-refractivity contribution in [2.75, 3.05) is 23.4 Å². The van der Waals surface area contributed by atoms with E-state index in [9.17, 15) is 9.59 Å². The Morgan fingerprint density at radius 2 is 2.25 bits per heavy atom. The van der Waals surface area contributed by atoms with Crippen molar-refractivity contribution in [1.82, 2.24) is 5.32 Å². The maximum Gasteiger partial charge on any atom is 0.335 e. The lowest BCUT2D eigenvalue weighted by Gasteiger charge is -2.12. The summed E-state index contributed by atoms with van der Waals surface area (Å²) >= 11 is 1.92. The van der Waals surface area contributed by atoms with Gasteiger partial charge in [-0.25, -0.2) is 9.59 Å². The summed E-state index contributed by atoms with van der Waals surface area (Å²) in [6.07, 6.45) is 1.15. The van der Waals surface area contributed by atoms with Crippen LogP contribution >= 0.6 is 11.8 Å². The van der Waals surface area contributed by atoms with E-state index in [1.807, 2.05) is 11.8 Å². The molecule has 1 saturated heterocycles. The van der Waals surface area contributed by atoms with Crippen molar-refractivity contribution in [2.24, 2.45) is 5.92 Å². The minimum Gasteiger partial charge on any atom is -0.478 e. The molecule has 20 heavy (non-hydrogen) atoms. The van der Waals surface area contributed by atoms with Gasteiger partial charge in [-0.3, -0.25) is 0 Å². The second-order valence-corrected chi connectivity index (χ2v) is 6.05. The van der Waals surface area contributed by atoms with Gasteiger partial charge in [0.1, 0.15) is 0 Å². The molecule has 5 nitrogen and oxygen atoms in total. The average molecular weight is 294 g/mol. The number of aromatic carboxylic acids is 1. The number of hydrogen-bond donors (Lipinski definition) is 3. The Morgan fingerprint density at radius 1 is 1.45 bits per heavy atom. The van der Waals surface area contributed by atoms with Gasteiger partial charge in [0.15, 0.2) is 0 Å². The lowest BCUT2D eigenvalue weighted by Crippen LogP contribution is -2.33. The molecule has 1 aromatic carbocycles. The molecule has 0 saturated carbocycles. The van der Waals surface area contributed by atoms with E-state index < -0.39 is 5.97 Å². The van der Waals surface area contributed by atoms with Crippen LogP contribution in [0.4, 0.5) is 10.5 Å². The number of nitrogens with one attached hydrogen (secondary N) is 2. The van der Waals surface area contributed by atoms with Crippen LogP contribution in [0, 0.1) is 12.8 Å². The average Bonchev–Trinajstić information content (AvgIpc) is 2.89. The summed E-state index contributed by atoms with van der Waals surface area (Å²) in [7, 11) is 0. The molecule has 0 radical (unpaired) electrons. The Labute approximate surface area is 122 Å². The number of amides is 2. The zero-order valence-electron chi connectivity index (χ0n) is 11.3. The molecule has 1 aliphatic rings. The Hall–Kier alpha value is -1.69. The van der Waals surface area contributed by atoms with E-state index in [0.717, 1.165) is 12.2 Å². The summed E-state index contributed by atoms with van der Waals surface area (Å²) < 4.78 is 0. The van der Waals surface area contributed by atoms with Gasteiger partial charge in [0, 0.05) is 12.2 Å². The Balaban J connectivity index is 1.87. The van der Waals surface area contributed by atoms with E-state index in [1.165, 1.54) is 11.8 Å². The summed E-state index contributed by atoms with van der Waals surface area (Å²) in [5, 5.41) is 14.5. The fourth-order valence-corrected chi connectivity index (χ4v) is 3.42. The van der Waals surface area contributed by atoms with E-state index in [4.69, 9.17) is 5.11 Å². The first-order chi connectivity index (χ1) is 9.56. The summed E-state index contributed by atoms with van der Waals surface area (Å²) in [5.41, 5.74) is 1.48. The predicted molar refractivity (Wildman–Crippen MR) is 80.6 cm³/mol. The highest BCUT2D eigenvalue weighted by molar-refractivity contribution is 7.99. The molecule has 1 aromatic rings. The lowest BCUT2D eigenvalue weighted by atomic mass is 10.1. The number of rotatable bonds is 4. The summed E-state index contributed by atoms with van der Waals surface area (Å²) in [5.74, 6) is 1.87. The van der Waals surface area contributed by atoms with Gasteiger partial charge < -0.3 is 15.7 Å². The number of thioether (sulfide) groups is 1. The van der Waals surface area contributed by atoms with Crippen LogP contribution in [0.1, 0.15) is 22.3 Å². The fraction of sp³-hybridized carbons (Fsp3) is 0.429. The van der Waals surface area contributed by atoms with Gasteiger partial charge in [-0.1, -0.05) is 0 Å². The van der Waals surface area contributed by atoms with Crippen molar-refractivity contribution in [1.29, 1.82) is 0 Å². The summed E-state index contributed by atoms with van der Waals surface area (Å²) in [4.78, 5) is 22.7. The van der Waals surface area contributed by atoms with E-state index in [-0.39, 0.29) is 11.6 Å². The Kier molecular flexibility index (Phi) is 4.89. The summed E-state index contributed by atoms with van der Waals surface area (Å²) in [6, 6.07) is 4.51. The topological polar surface area (TPSA) is 78.4 Å². The number of anilines is 1. The molecule has 1 aliphatic heterocycles. The van der Waals surface area contributed by atoms with Gasteiger partial charge in [0.2, 0.25) is 0 Å². The van der Waals surface area contributed by atoms with Crippen molar-refractivity contribution in [3.05, 3.63) is 29.3 Å². The number of urea groups is 1. The molecule has 1 atom stereocenters. The van der Waals surface area contributed by atoms with Crippen LogP contribution in [0.2, 0.25) is 0 Å². The Morgan fingerprint density at radius 3 is 2.85 bits per heavy atom. The number of hydrogen-bond acceptors (Lipinski definition) is 3. The maximum atomic E-state index is 11.8. The van der Waals surface area contributed by atoms with Gasteiger partial charge in [0.25, 0.3) is 0 Å². The van der Waals surface area contributed by atoms with Gasteiger partial charge >= 0.3 is 12.0 Å². The van der Waals surface area contributed by atoms with E-state index in [1.54, 1.807) is 19.1 Å². The van der Waals surface area contributed by atoms with E-state index >= 15 is 0 Å². The second-order valence-electron chi connectivity index (χ2n) is 4.90. The van der Waals surface area contributed by atoms with Crippen molar-refractivity contribution in [3.63, 3.8) is 0 Å². The third kappa shape index (κ3) is 3.90. The maximum absolute atomic E-state index is 11.8. The molecular formula is C14H18N2O3S. The zero-order valence-corrected chi connectivity index (χ0v) is 12.1. The molecule has 2 rings (SSSR count). The largest absolute Gasteiger partial charge is 0.478 e. The first kappa shape index (κ1) is 14.7. The van der Waals surface area contributed by atoms with Crippen molar-refractivity contribution < 1.29 is 14.7 Å². The predicted octanol–water partition coefficient (Wildman–Crippen LogP) is 2.57.